The van der Waals surface area contributed by atoms with E-state index in [0.717, 1.165) is 12.5 Å². The van der Waals surface area contributed by atoms with Gasteiger partial charge in [-0.25, -0.2) is 8.78 Å². The van der Waals surface area contributed by atoms with E-state index in [1.807, 2.05) is 0 Å². The summed E-state index contributed by atoms with van der Waals surface area (Å²) < 4.78 is 25.5. The highest BCUT2D eigenvalue weighted by Gasteiger charge is 2.36. The van der Waals surface area contributed by atoms with Gasteiger partial charge >= 0.3 is 0 Å². The molecule has 1 nitrogen and oxygen atoms in total. The van der Waals surface area contributed by atoms with Crippen LogP contribution in [0.3, 0.4) is 0 Å². The smallest absolute Gasteiger partial charge is 0.129 e. The van der Waals surface area contributed by atoms with Gasteiger partial charge in [0.15, 0.2) is 0 Å². The zero-order valence-electron chi connectivity index (χ0n) is 6.43. The molecule has 0 aliphatic heterocycles. The Labute approximate surface area is 69.2 Å². The third kappa shape index (κ3) is 1.20. The molecule has 1 aliphatic carbocycles. The third-order valence-electron chi connectivity index (χ3n) is 2.20. The van der Waals surface area contributed by atoms with E-state index in [1.54, 1.807) is 0 Å². The topological polar surface area (TPSA) is 26.0 Å². The lowest BCUT2D eigenvalue weighted by molar-refractivity contribution is 0.572. The number of hydrogen-bond donors (Lipinski definition) is 1. The monoisotopic (exact) mass is 169 g/mol. The van der Waals surface area contributed by atoms with Crippen LogP contribution in [0.2, 0.25) is 0 Å². The molecular formula is C9H9F2N. The predicted octanol–water partition coefficient (Wildman–Crippen LogP) is 1.78. The van der Waals surface area contributed by atoms with Gasteiger partial charge < -0.3 is 5.73 Å². The first-order chi connectivity index (χ1) is 5.68. The largest absolute Gasteiger partial charge is 0.327 e. The minimum atomic E-state index is -0.537. The van der Waals surface area contributed by atoms with Gasteiger partial charge in [-0.1, -0.05) is 6.07 Å². The van der Waals surface area contributed by atoms with Crippen molar-refractivity contribution in [1.82, 2.24) is 0 Å². The van der Waals surface area contributed by atoms with Crippen LogP contribution in [-0.4, -0.2) is 6.04 Å². The summed E-state index contributed by atoms with van der Waals surface area (Å²) in [6.45, 7) is 0. The predicted molar refractivity (Wildman–Crippen MR) is 41.7 cm³/mol. The van der Waals surface area contributed by atoms with Crippen LogP contribution < -0.4 is 5.73 Å². The van der Waals surface area contributed by atoms with Crippen molar-refractivity contribution in [2.45, 2.75) is 18.4 Å². The van der Waals surface area contributed by atoms with Gasteiger partial charge in [-0.15, -0.1) is 0 Å². The van der Waals surface area contributed by atoms with Gasteiger partial charge in [-0.05, 0) is 18.1 Å². The molecule has 2 rings (SSSR count). The molecule has 1 aromatic rings. The van der Waals surface area contributed by atoms with Crippen molar-refractivity contribution in [3.63, 3.8) is 0 Å². The highest BCUT2D eigenvalue weighted by Crippen LogP contribution is 2.40. The summed E-state index contributed by atoms with van der Waals surface area (Å²) in [6.07, 6.45) is 0.808. The van der Waals surface area contributed by atoms with Gasteiger partial charge in [0, 0.05) is 18.0 Å². The van der Waals surface area contributed by atoms with Crippen LogP contribution >= 0.6 is 0 Å². The van der Waals surface area contributed by atoms with Gasteiger partial charge in [0.2, 0.25) is 0 Å². The zero-order valence-corrected chi connectivity index (χ0v) is 6.43. The van der Waals surface area contributed by atoms with Crippen LogP contribution in [0.25, 0.3) is 0 Å². The van der Waals surface area contributed by atoms with Crippen molar-refractivity contribution in [2.24, 2.45) is 5.73 Å². The molecule has 0 radical (unpaired) electrons. The van der Waals surface area contributed by atoms with Crippen molar-refractivity contribution in [2.75, 3.05) is 0 Å². The molecule has 2 N–H and O–H groups in total. The summed E-state index contributed by atoms with van der Waals surface area (Å²) in [7, 11) is 0. The van der Waals surface area contributed by atoms with Gasteiger partial charge in [-0.2, -0.15) is 0 Å². The number of rotatable bonds is 1. The van der Waals surface area contributed by atoms with E-state index in [2.05, 4.69) is 0 Å². The quantitative estimate of drug-likeness (QED) is 0.681. The summed E-state index contributed by atoms with van der Waals surface area (Å²) in [6, 6.07) is 3.71. The van der Waals surface area contributed by atoms with Crippen LogP contribution in [0.1, 0.15) is 17.9 Å². The maximum Gasteiger partial charge on any atom is 0.129 e. The highest BCUT2D eigenvalue weighted by atomic mass is 19.1. The lowest BCUT2D eigenvalue weighted by Gasteiger charge is -1.99. The molecule has 1 aromatic carbocycles. The fourth-order valence-corrected chi connectivity index (χ4v) is 1.37. The number of hydrogen-bond acceptors (Lipinski definition) is 1. The molecule has 12 heavy (non-hydrogen) atoms. The molecule has 0 saturated heterocycles. The van der Waals surface area contributed by atoms with Gasteiger partial charge in [0.05, 0.1) is 0 Å². The van der Waals surface area contributed by atoms with Gasteiger partial charge in [0.25, 0.3) is 0 Å². The lowest BCUT2D eigenvalue weighted by Crippen LogP contribution is -2.02. The highest BCUT2D eigenvalue weighted by molar-refractivity contribution is 5.29. The molecule has 1 aliphatic rings. The van der Waals surface area contributed by atoms with Crippen molar-refractivity contribution in [1.29, 1.82) is 0 Å². The van der Waals surface area contributed by atoms with Crippen molar-refractivity contribution in [3.05, 3.63) is 35.4 Å². The van der Waals surface area contributed by atoms with Gasteiger partial charge in [0.1, 0.15) is 11.6 Å². The lowest BCUT2D eigenvalue weighted by atomic mass is 10.1. The van der Waals surface area contributed by atoms with E-state index >= 15 is 0 Å². The summed E-state index contributed by atoms with van der Waals surface area (Å²) in [5.74, 6) is -0.913. The van der Waals surface area contributed by atoms with E-state index in [4.69, 9.17) is 5.73 Å². The molecule has 1 saturated carbocycles. The van der Waals surface area contributed by atoms with E-state index in [9.17, 15) is 8.78 Å². The second-order valence-corrected chi connectivity index (χ2v) is 3.17. The summed E-state index contributed by atoms with van der Waals surface area (Å²) in [4.78, 5) is 0. The van der Waals surface area contributed by atoms with Crippen molar-refractivity contribution < 1.29 is 8.78 Å². The van der Waals surface area contributed by atoms with Crippen LogP contribution in [0.4, 0.5) is 8.78 Å². The van der Waals surface area contributed by atoms with E-state index < -0.39 is 11.6 Å². The third-order valence-corrected chi connectivity index (χ3v) is 2.20. The zero-order chi connectivity index (χ0) is 8.72. The fraction of sp³-hybridized carbons (Fsp3) is 0.333. The Morgan fingerprint density at radius 1 is 1.33 bits per heavy atom. The van der Waals surface area contributed by atoms with Crippen molar-refractivity contribution >= 4 is 0 Å². The molecule has 0 aromatic heterocycles. The van der Waals surface area contributed by atoms with Crippen LogP contribution in [-0.2, 0) is 0 Å². The average molecular weight is 169 g/mol. The second-order valence-electron chi connectivity index (χ2n) is 3.17. The SMILES string of the molecule is N[C@H]1C[C@H]1c1ccc(F)cc1F. The molecule has 0 amide bonds. The Morgan fingerprint density at radius 2 is 2.00 bits per heavy atom. The number of halogens is 2. The van der Waals surface area contributed by atoms with E-state index in [0.29, 0.717) is 5.56 Å². The summed E-state index contributed by atoms with van der Waals surface area (Å²) in [5, 5.41) is 0. The Kier molecular flexibility index (Phi) is 1.61. The van der Waals surface area contributed by atoms with E-state index in [1.165, 1.54) is 12.1 Å². The maximum absolute atomic E-state index is 13.0. The first-order valence-corrected chi connectivity index (χ1v) is 3.89. The van der Waals surface area contributed by atoms with Crippen LogP contribution in [0.5, 0.6) is 0 Å². The number of benzene rings is 1. The Balaban J connectivity index is 2.33. The molecule has 0 bridgehead atoms. The van der Waals surface area contributed by atoms with E-state index in [-0.39, 0.29) is 12.0 Å². The maximum atomic E-state index is 13.0. The minimum Gasteiger partial charge on any atom is -0.327 e. The minimum absolute atomic E-state index is 0.0601. The average Bonchev–Trinajstić information content (AvgIpc) is 2.66. The fourth-order valence-electron chi connectivity index (χ4n) is 1.37. The van der Waals surface area contributed by atoms with Crippen molar-refractivity contribution in [3.8, 4) is 0 Å². The molecule has 0 spiro atoms. The normalized spacial score (nSPS) is 27.2. The van der Waals surface area contributed by atoms with Gasteiger partial charge in [-0.3, -0.25) is 0 Å². The Hall–Kier alpha value is -0.960. The first-order valence-electron chi connectivity index (χ1n) is 3.89. The summed E-state index contributed by atoms with van der Waals surface area (Å²) in [5.41, 5.74) is 6.09. The molecule has 0 unspecified atom stereocenters. The molecule has 64 valence electrons. The molecule has 1 fully saturated rings. The first kappa shape index (κ1) is 7.68. The Morgan fingerprint density at radius 3 is 2.50 bits per heavy atom. The molecule has 0 heterocycles. The van der Waals surface area contributed by atoms with Crippen LogP contribution in [0.15, 0.2) is 18.2 Å². The standard InChI is InChI=1S/C9H9F2N/c10-5-1-2-6(8(11)3-5)7-4-9(7)12/h1-3,7,9H,4,12H2/t7-,9-/m0/s1. The molecular weight excluding hydrogens is 160 g/mol. The molecule has 3 heteroatoms. The van der Waals surface area contributed by atoms with Crippen LogP contribution in [0, 0.1) is 11.6 Å². The molecule has 2 atom stereocenters. The Bertz CT molecular complexity index is 311. The number of nitrogens with two attached hydrogens (primary N) is 1. The summed E-state index contributed by atoms with van der Waals surface area (Å²) >= 11 is 0. The second kappa shape index (κ2) is 2.52.